The molecule has 0 spiro atoms. The highest BCUT2D eigenvalue weighted by atomic mass is 32.1. The number of para-hydroxylation sites is 1. The van der Waals surface area contributed by atoms with E-state index >= 15 is 0 Å². The van der Waals surface area contributed by atoms with Gasteiger partial charge in [0.2, 0.25) is 0 Å². The van der Waals surface area contributed by atoms with Crippen LogP contribution in [0.4, 0.5) is 0 Å². The van der Waals surface area contributed by atoms with Crippen molar-refractivity contribution in [1.82, 2.24) is 14.5 Å². The van der Waals surface area contributed by atoms with Crippen LogP contribution in [0.1, 0.15) is 15.5 Å². The minimum absolute atomic E-state index is 0.167. The lowest BCUT2D eigenvalue weighted by atomic mass is 10.2. The average molecular weight is 309 g/mol. The Labute approximate surface area is 128 Å². The predicted octanol–water partition coefficient (Wildman–Crippen LogP) is 2.94. The molecule has 0 saturated carbocycles. The lowest BCUT2D eigenvalue weighted by molar-refractivity contribution is 0.0961. The number of aromatic nitrogens is 3. The van der Waals surface area contributed by atoms with Crippen molar-refractivity contribution in [2.45, 2.75) is 6.92 Å². The predicted molar refractivity (Wildman–Crippen MR) is 86.6 cm³/mol. The number of aryl methyl sites for hydroxylation is 1. The molecule has 0 fully saturated rings. The van der Waals surface area contributed by atoms with Crippen molar-refractivity contribution < 1.29 is 4.79 Å². The molecule has 3 heterocycles. The van der Waals surface area contributed by atoms with Gasteiger partial charge in [0.15, 0.2) is 0 Å². The number of hydrogen-bond donors (Lipinski definition) is 1. The zero-order chi connectivity index (χ0) is 15.3. The van der Waals surface area contributed by atoms with Crippen molar-refractivity contribution in [2.24, 2.45) is 0 Å². The quantitative estimate of drug-likeness (QED) is 0.588. The van der Waals surface area contributed by atoms with Crippen molar-refractivity contribution in [3.63, 3.8) is 0 Å². The van der Waals surface area contributed by atoms with Gasteiger partial charge in [0.25, 0.3) is 11.5 Å². The molecular weight excluding hydrogens is 298 g/mol. The molecule has 0 aliphatic carbocycles. The third-order valence-electron chi connectivity index (χ3n) is 3.65. The van der Waals surface area contributed by atoms with Crippen molar-refractivity contribution >= 4 is 38.2 Å². The Morgan fingerprint density at radius 2 is 2.09 bits per heavy atom. The van der Waals surface area contributed by atoms with Crippen molar-refractivity contribution in [3.8, 4) is 0 Å². The maximum absolute atomic E-state index is 12.6. The summed E-state index contributed by atoms with van der Waals surface area (Å²) in [5, 5.41) is 1.49. The highest BCUT2D eigenvalue weighted by Gasteiger charge is 2.17. The summed E-state index contributed by atoms with van der Waals surface area (Å²) in [7, 11) is 0. The van der Waals surface area contributed by atoms with Gasteiger partial charge in [-0.15, -0.1) is 11.3 Å². The number of rotatable bonds is 1. The van der Waals surface area contributed by atoms with E-state index in [2.05, 4.69) is 9.97 Å². The Bertz CT molecular complexity index is 1090. The summed E-state index contributed by atoms with van der Waals surface area (Å²) in [5.41, 5.74) is 0.603. The fourth-order valence-electron chi connectivity index (χ4n) is 2.56. The van der Waals surface area contributed by atoms with Gasteiger partial charge in [-0.3, -0.25) is 14.2 Å². The van der Waals surface area contributed by atoms with Crippen LogP contribution in [-0.2, 0) is 0 Å². The Kier molecular flexibility index (Phi) is 2.74. The number of carbonyl (C=O) groups is 1. The van der Waals surface area contributed by atoms with E-state index in [1.807, 2.05) is 24.3 Å². The van der Waals surface area contributed by atoms with Gasteiger partial charge in [0.05, 0.1) is 10.3 Å². The van der Waals surface area contributed by atoms with Gasteiger partial charge in [-0.2, -0.15) is 0 Å². The number of benzene rings is 1. The van der Waals surface area contributed by atoms with Gasteiger partial charge in [0.1, 0.15) is 5.82 Å². The summed E-state index contributed by atoms with van der Waals surface area (Å²) in [6.07, 6.45) is 3.22. The second kappa shape index (κ2) is 4.64. The monoisotopic (exact) mass is 309 g/mol. The van der Waals surface area contributed by atoms with Gasteiger partial charge in [-0.25, -0.2) is 4.98 Å². The van der Waals surface area contributed by atoms with Crippen LogP contribution < -0.4 is 5.56 Å². The number of carbonyl (C=O) groups excluding carboxylic acids is 1. The summed E-state index contributed by atoms with van der Waals surface area (Å²) < 4.78 is 2.32. The number of imidazole rings is 1. The molecule has 5 nitrogen and oxygen atoms in total. The molecule has 6 heteroatoms. The normalized spacial score (nSPS) is 11.3. The van der Waals surface area contributed by atoms with E-state index in [9.17, 15) is 9.59 Å². The Morgan fingerprint density at radius 3 is 2.86 bits per heavy atom. The van der Waals surface area contributed by atoms with E-state index in [0.29, 0.717) is 16.1 Å². The van der Waals surface area contributed by atoms with E-state index in [1.165, 1.54) is 15.9 Å². The molecule has 1 N–H and O–H groups in total. The molecule has 0 bridgehead atoms. The molecule has 0 aliphatic heterocycles. The zero-order valence-electron chi connectivity index (χ0n) is 11.7. The largest absolute Gasteiger partial charge is 0.321 e. The molecule has 0 unspecified atom stereocenters. The number of H-pyrrole nitrogens is 1. The first-order chi connectivity index (χ1) is 10.6. The average Bonchev–Trinajstić information content (AvgIpc) is 3.13. The number of thiophene rings is 1. The van der Waals surface area contributed by atoms with Crippen LogP contribution in [-0.4, -0.2) is 20.4 Å². The number of nitrogens with one attached hydrogen (secondary N) is 1. The summed E-state index contributed by atoms with van der Waals surface area (Å²) in [6, 6.07) is 9.26. The standard InChI is InChI=1S/C16H11N3O2S/c1-9-17-6-7-19(9)16(21)13-8-11-14(22-13)10-4-2-3-5-12(10)18-15(11)20/h2-8H,1H3,(H,18,20). The molecule has 0 aliphatic rings. The van der Waals surface area contributed by atoms with Crippen molar-refractivity contribution in [1.29, 1.82) is 0 Å². The topological polar surface area (TPSA) is 67.8 Å². The van der Waals surface area contributed by atoms with Crippen molar-refractivity contribution in [3.05, 3.63) is 63.8 Å². The first kappa shape index (κ1) is 13.0. The maximum atomic E-state index is 12.6. The second-order valence-electron chi connectivity index (χ2n) is 5.00. The fraction of sp³-hybridized carbons (Fsp3) is 0.0625. The molecule has 0 amide bonds. The fourth-order valence-corrected chi connectivity index (χ4v) is 3.69. The summed E-state index contributed by atoms with van der Waals surface area (Å²) >= 11 is 1.34. The molecule has 3 aromatic heterocycles. The van der Waals surface area contributed by atoms with Crippen LogP contribution in [0, 0.1) is 6.92 Å². The molecule has 0 saturated heterocycles. The first-order valence-corrected chi connectivity index (χ1v) is 7.56. The van der Waals surface area contributed by atoms with E-state index in [-0.39, 0.29) is 11.5 Å². The third-order valence-corrected chi connectivity index (χ3v) is 4.81. The summed E-state index contributed by atoms with van der Waals surface area (Å²) in [6.45, 7) is 1.77. The molecular formula is C16H11N3O2S. The van der Waals surface area contributed by atoms with E-state index < -0.39 is 0 Å². The van der Waals surface area contributed by atoms with Crippen LogP contribution in [0.2, 0.25) is 0 Å². The minimum Gasteiger partial charge on any atom is -0.321 e. The maximum Gasteiger partial charge on any atom is 0.273 e. The Hall–Kier alpha value is -2.73. The highest BCUT2D eigenvalue weighted by molar-refractivity contribution is 7.21. The summed E-state index contributed by atoms with van der Waals surface area (Å²) in [5.74, 6) is 0.459. The number of aromatic amines is 1. The van der Waals surface area contributed by atoms with Crippen LogP contribution >= 0.6 is 11.3 Å². The van der Waals surface area contributed by atoms with E-state index in [1.54, 1.807) is 25.4 Å². The third kappa shape index (κ3) is 1.81. The Balaban J connectivity index is 2.00. The number of nitrogens with zero attached hydrogens (tertiary/aromatic N) is 2. The van der Waals surface area contributed by atoms with Crippen LogP contribution in [0.25, 0.3) is 21.0 Å². The first-order valence-electron chi connectivity index (χ1n) is 6.74. The smallest absolute Gasteiger partial charge is 0.273 e. The molecule has 4 aromatic rings. The van der Waals surface area contributed by atoms with Gasteiger partial charge in [-0.05, 0) is 19.1 Å². The van der Waals surface area contributed by atoms with E-state index in [4.69, 9.17) is 0 Å². The lowest BCUT2D eigenvalue weighted by Crippen LogP contribution is -2.11. The lowest BCUT2D eigenvalue weighted by Gasteiger charge is -1.99. The van der Waals surface area contributed by atoms with Gasteiger partial charge in [0, 0.05) is 28.0 Å². The molecule has 0 radical (unpaired) electrons. The second-order valence-corrected chi connectivity index (χ2v) is 6.05. The number of fused-ring (bicyclic) bond motifs is 3. The van der Waals surface area contributed by atoms with Crippen LogP contribution in [0.5, 0.6) is 0 Å². The summed E-state index contributed by atoms with van der Waals surface area (Å²) in [4.78, 5) is 32.2. The zero-order valence-corrected chi connectivity index (χ0v) is 12.5. The molecule has 4 rings (SSSR count). The Morgan fingerprint density at radius 1 is 1.27 bits per heavy atom. The molecule has 22 heavy (non-hydrogen) atoms. The minimum atomic E-state index is -0.175. The molecule has 108 valence electrons. The van der Waals surface area contributed by atoms with E-state index in [0.717, 1.165) is 15.6 Å². The molecule has 0 atom stereocenters. The van der Waals surface area contributed by atoms with Crippen LogP contribution in [0.15, 0.2) is 47.5 Å². The van der Waals surface area contributed by atoms with Crippen LogP contribution in [0.3, 0.4) is 0 Å². The number of pyridine rings is 1. The highest BCUT2D eigenvalue weighted by Crippen LogP contribution is 2.30. The van der Waals surface area contributed by atoms with Gasteiger partial charge < -0.3 is 4.98 Å². The number of hydrogen-bond acceptors (Lipinski definition) is 4. The van der Waals surface area contributed by atoms with Gasteiger partial charge in [-0.1, -0.05) is 18.2 Å². The molecule has 1 aromatic carbocycles. The van der Waals surface area contributed by atoms with Gasteiger partial charge >= 0.3 is 0 Å². The SMILES string of the molecule is Cc1nccn1C(=O)c1cc2c(=O)[nH]c3ccccc3c2s1. The van der Waals surface area contributed by atoms with Crippen molar-refractivity contribution in [2.75, 3.05) is 0 Å².